The van der Waals surface area contributed by atoms with Crippen LogP contribution < -0.4 is 10.1 Å². The third-order valence-electron chi connectivity index (χ3n) is 3.57. The molecule has 0 saturated carbocycles. The standard InChI is InChI=1S/C17H15FN2O3S/c1-23-17-9-11(3-5-14(17)18)20-16-7-8-19-15-6-4-12(10-13(15)16)24(2,21)22/h3-10H,1-2H3,(H,19,20). The fourth-order valence-electron chi connectivity index (χ4n) is 2.36. The van der Waals surface area contributed by atoms with Gasteiger partial charge in [-0.2, -0.15) is 0 Å². The van der Waals surface area contributed by atoms with Crippen molar-refractivity contribution in [1.29, 1.82) is 0 Å². The van der Waals surface area contributed by atoms with Gasteiger partial charge in [0.2, 0.25) is 0 Å². The van der Waals surface area contributed by atoms with E-state index in [0.29, 0.717) is 22.3 Å². The number of aromatic nitrogens is 1. The van der Waals surface area contributed by atoms with Gasteiger partial charge in [-0.25, -0.2) is 12.8 Å². The average molecular weight is 346 g/mol. The molecule has 0 spiro atoms. The van der Waals surface area contributed by atoms with Crippen molar-refractivity contribution in [3.63, 3.8) is 0 Å². The average Bonchev–Trinajstić information content (AvgIpc) is 2.55. The number of nitrogens with zero attached hydrogens (tertiary/aromatic N) is 1. The highest BCUT2D eigenvalue weighted by atomic mass is 32.2. The van der Waals surface area contributed by atoms with Crippen LogP contribution in [-0.4, -0.2) is 26.8 Å². The molecule has 7 heteroatoms. The molecule has 0 bridgehead atoms. The van der Waals surface area contributed by atoms with Gasteiger partial charge in [-0.05, 0) is 36.4 Å². The molecular weight excluding hydrogens is 331 g/mol. The molecule has 0 aliphatic heterocycles. The van der Waals surface area contributed by atoms with Gasteiger partial charge in [0.25, 0.3) is 0 Å². The Bertz CT molecular complexity index is 1020. The van der Waals surface area contributed by atoms with Crippen molar-refractivity contribution in [1.82, 2.24) is 4.98 Å². The van der Waals surface area contributed by atoms with Crippen molar-refractivity contribution < 1.29 is 17.5 Å². The lowest BCUT2D eigenvalue weighted by Gasteiger charge is -2.11. The van der Waals surface area contributed by atoms with Crippen LogP contribution in [0.4, 0.5) is 15.8 Å². The van der Waals surface area contributed by atoms with Crippen molar-refractivity contribution in [2.45, 2.75) is 4.90 Å². The molecule has 1 N–H and O–H groups in total. The number of nitrogens with one attached hydrogen (secondary N) is 1. The lowest BCUT2D eigenvalue weighted by molar-refractivity contribution is 0.387. The van der Waals surface area contributed by atoms with Gasteiger partial charge in [0.15, 0.2) is 21.4 Å². The van der Waals surface area contributed by atoms with Gasteiger partial charge in [0.1, 0.15) is 0 Å². The SMILES string of the molecule is COc1cc(Nc2ccnc3ccc(S(C)(=O)=O)cc23)ccc1F. The van der Waals surface area contributed by atoms with Gasteiger partial charge in [0, 0.05) is 35.3 Å². The number of pyridine rings is 1. The summed E-state index contributed by atoms with van der Waals surface area (Å²) in [6, 6.07) is 10.9. The number of rotatable bonds is 4. The molecule has 3 rings (SSSR count). The predicted molar refractivity (Wildman–Crippen MR) is 91.1 cm³/mol. The van der Waals surface area contributed by atoms with Gasteiger partial charge in [0.05, 0.1) is 17.5 Å². The van der Waals surface area contributed by atoms with E-state index < -0.39 is 15.7 Å². The molecule has 0 aliphatic carbocycles. The van der Waals surface area contributed by atoms with Crippen molar-refractivity contribution in [2.75, 3.05) is 18.7 Å². The van der Waals surface area contributed by atoms with Crippen LogP contribution in [0.3, 0.4) is 0 Å². The van der Waals surface area contributed by atoms with Crippen LogP contribution in [0.2, 0.25) is 0 Å². The lowest BCUT2D eigenvalue weighted by atomic mass is 10.2. The van der Waals surface area contributed by atoms with E-state index in [2.05, 4.69) is 10.3 Å². The third kappa shape index (κ3) is 3.16. The van der Waals surface area contributed by atoms with Gasteiger partial charge < -0.3 is 10.1 Å². The highest BCUT2D eigenvalue weighted by molar-refractivity contribution is 7.90. The van der Waals surface area contributed by atoms with Crippen LogP contribution in [0.5, 0.6) is 5.75 Å². The van der Waals surface area contributed by atoms with E-state index in [9.17, 15) is 12.8 Å². The van der Waals surface area contributed by atoms with E-state index in [4.69, 9.17) is 4.74 Å². The highest BCUT2D eigenvalue weighted by Crippen LogP contribution is 2.29. The minimum atomic E-state index is -3.33. The Hall–Kier alpha value is -2.67. The van der Waals surface area contributed by atoms with E-state index in [-0.39, 0.29) is 10.6 Å². The topological polar surface area (TPSA) is 68.3 Å². The second kappa shape index (κ2) is 6.09. The summed E-state index contributed by atoms with van der Waals surface area (Å²) in [5, 5.41) is 3.80. The summed E-state index contributed by atoms with van der Waals surface area (Å²) in [7, 11) is -1.93. The largest absolute Gasteiger partial charge is 0.494 e. The monoisotopic (exact) mass is 346 g/mol. The van der Waals surface area contributed by atoms with Crippen LogP contribution in [0.1, 0.15) is 0 Å². The van der Waals surface area contributed by atoms with Crippen molar-refractivity contribution >= 4 is 32.1 Å². The molecule has 24 heavy (non-hydrogen) atoms. The molecule has 0 aliphatic rings. The smallest absolute Gasteiger partial charge is 0.175 e. The van der Waals surface area contributed by atoms with E-state index in [1.807, 2.05) is 0 Å². The molecule has 0 radical (unpaired) electrons. The highest BCUT2D eigenvalue weighted by Gasteiger charge is 2.11. The maximum Gasteiger partial charge on any atom is 0.175 e. The minimum absolute atomic E-state index is 0.121. The fourth-order valence-corrected chi connectivity index (χ4v) is 3.01. The van der Waals surface area contributed by atoms with E-state index in [1.165, 1.54) is 25.3 Å². The zero-order valence-electron chi connectivity index (χ0n) is 13.1. The summed E-state index contributed by atoms with van der Waals surface area (Å²) in [6.07, 6.45) is 2.77. The molecule has 0 amide bonds. The Labute approximate surface area is 139 Å². The van der Waals surface area contributed by atoms with Crippen LogP contribution >= 0.6 is 0 Å². The van der Waals surface area contributed by atoms with Crippen molar-refractivity contribution in [3.05, 3.63) is 54.5 Å². The quantitative estimate of drug-likeness (QED) is 0.783. The number of fused-ring (bicyclic) bond motifs is 1. The first-order valence-electron chi connectivity index (χ1n) is 7.08. The molecule has 124 valence electrons. The van der Waals surface area contributed by atoms with Crippen molar-refractivity contribution in [3.8, 4) is 5.75 Å². The molecule has 5 nitrogen and oxygen atoms in total. The zero-order chi connectivity index (χ0) is 17.3. The minimum Gasteiger partial charge on any atom is -0.494 e. The van der Waals surface area contributed by atoms with Gasteiger partial charge >= 0.3 is 0 Å². The zero-order valence-corrected chi connectivity index (χ0v) is 13.9. The van der Waals surface area contributed by atoms with Crippen LogP contribution in [0, 0.1) is 5.82 Å². The molecule has 0 unspecified atom stereocenters. The summed E-state index contributed by atoms with van der Waals surface area (Å²) >= 11 is 0. The summed E-state index contributed by atoms with van der Waals surface area (Å²) in [5.74, 6) is -0.336. The number of benzene rings is 2. The first-order valence-corrected chi connectivity index (χ1v) is 8.97. The number of hydrogen-bond acceptors (Lipinski definition) is 5. The van der Waals surface area contributed by atoms with Crippen LogP contribution in [0.15, 0.2) is 53.6 Å². The van der Waals surface area contributed by atoms with E-state index >= 15 is 0 Å². The lowest BCUT2D eigenvalue weighted by Crippen LogP contribution is -1.99. The molecule has 0 atom stereocenters. The summed E-state index contributed by atoms with van der Waals surface area (Å²) in [5.41, 5.74) is 1.94. The fraction of sp³-hybridized carbons (Fsp3) is 0.118. The third-order valence-corrected chi connectivity index (χ3v) is 4.68. The maximum atomic E-state index is 13.5. The number of halogens is 1. The predicted octanol–water partition coefficient (Wildman–Crippen LogP) is 3.53. The Morgan fingerprint density at radius 3 is 2.62 bits per heavy atom. The number of anilines is 2. The number of methoxy groups -OCH3 is 1. The number of ether oxygens (including phenoxy) is 1. The number of sulfone groups is 1. The normalized spacial score (nSPS) is 11.5. The molecule has 1 heterocycles. The van der Waals surface area contributed by atoms with Crippen LogP contribution in [-0.2, 0) is 9.84 Å². The maximum absolute atomic E-state index is 13.5. The Morgan fingerprint density at radius 2 is 1.92 bits per heavy atom. The van der Waals surface area contributed by atoms with Crippen molar-refractivity contribution in [2.24, 2.45) is 0 Å². The van der Waals surface area contributed by atoms with E-state index in [1.54, 1.807) is 30.5 Å². The molecule has 1 aromatic heterocycles. The first-order chi connectivity index (χ1) is 11.4. The molecule has 0 saturated heterocycles. The Kier molecular flexibility index (Phi) is 4.11. The van der Waals surface area contributed by atoms with E-state index in [0.717, 1.165) is 6.26 Å². The Balaban J connectivity index is 2.09. The molecular formula is C17H15FN2O3S. The van der Waals surface area contributed by atoms with Gasteiger partial charge in [-0.1, -0.05) is 0 Å². The Morgan fingerprint density at radius 1 is 1.12 bits per heavy atom. The second-order valence-corrected chi connectivity index (χ2v) is 7.30. The summed E-state index contributed by atoms with van der Waals surface area (Å²) in [6.45, 7) is 0. The second-order valence-electron chi connectivity index (χ2n) is 5.28. The molecule has 0 fully saturated rings. The number of hydrogen-bond donors (Lipinski definition) is 1. The molecule has 3 aromatic rings. The summed E-state index contributed by atoms with van der Waals surface area (Å²) in [4.78, 5) is 4.45. The van der Waals surface area contributed by atoms with Gasteiger partial charge in [-0.3, -0.25) is 4.98 Å². The van der Waals surface area contributed by atoms with Crippen LogP contribution in [0.25, 0.3) is 10.9 Å². The molecule has 2 aromatic carbocycles. The summed E-state index contributed by atoms with van der Waals surface area (Å²) < 4.78 is 42.0. The first kappa shape index (κ1) is 16.2. The van der Waals surface area contributed by atoms with Gasteiger partial charge in [-0.15, -0.1) is 0 Å².